The standard InChI is InChI=1S/C11H18N2O/c12-9-3-6-13(10(9)14)7-11(4-5-11)8-1-2-8/h8-9H,1-7,12H2. The lowest BCUT2D eigenvalue weighted by Gasteiger charge is -2.23. The minimum absolute atomic E-state index is 0.192. The summed E-state index contributed by atoms with van der Waals surface area (Å²) in [5, 5.41) is 0. The number of rotatable bonds is 3. The molecule has 0 aromatic heterocycles. The van der Waals surface area contributed by atoms with Gasteiger partial charge < -0.3 is 10.6 Å². The minimum atomic E-state index is -0.204. The number of nitrogens with zero attached hydrogens (tertiary/aromatic N) is 1. The predicted molar refractivity (Wildman–Crippen MR) is 53.6 cm³/mol. The summed E-state index contributed by atoms with van der Waals surface area (Å²) >= 11 is 0. The molecular formula is C11H18N2O. The lowest BCUT2D eigenvalue weighted by Crippen LogP contribution is -2.37. The van der Waals surface area contributed by atoms with Crippen molar-refractivity contribution in [1.82, 2.24) is 4.90 Å². The Morgan fingerprint density at radius 2 is 2.07 bits per heavy atom. The van der Waals surface area contributed by atoms with Crippen LogP contribution in [0.25, 0.3) is 0 Å². The first-order chi connectivity index (χ1) is 6.71. The van der Waals surface area contributed by atoms with Gasteiger partial charge in [-0.15, -0.1) is 0 Å². The fourth-order valence-electron chi connectivity index (χ4n) is 2.85. The minimum Gasteiger partial charge on any atom is -0.341 e. The van der Waals surface area contributed by atoms with Crippen LogP contribution >= 0.6 is 0 Å². The van der Waals surface area contributed by atoms with Crippen LogP contribution in [-0.2, 0) is 4.79 Å². The zero-order chi connectivity index (χ0) is 9.76. The van der Waals surface area contributed by atoms with Gasteiger partial charge in [0.05, 0.1) is 6.04 Å². The molecule has 3 aliphatic rings. The predicted octanol–water partition coefficient (Wildman–Crippen LogP) is 0.736. The average Bonchev–Trinajstić information content (AvgIpc) is 2.99. The zero-order valence-corrected chi connectivity index (χ0v) is 8.54. The zero-order valence-electron chi connectivity index (χ0n) is 8.54. The second-order valence-electron chi connectivity index (χ2n) is 5.29. The molecule has 1 heterocycles. The summed E-state index contributed by atoms with van der Waals surface area (Å²) in [6.07, 6.45) is 6.34. The molecule has 1 unspecified atom stereocenters. The Bertz CT molecular complexity index is 268. The van der Waals surface area contributed by atoms with Gasteiger partial charge in [0.1, 0.15) is 0 Å². The summed E-state index contributed by atoms with van der Waals surface area (Å²) in [5.41, 5.74) is 6.25. The Morgan fingerprint density at radius 3 is 2.50 bits per heavy atom. The highest BCUT2D eigenvalue weighted by Gasteiger charge is 2.55. The molecule has 14 heavy (non-hydrogen) atoms. The van der Waals surface area contributed by atoms with Crippen molar-refractivity contribution in [3.63, 3.8) is 0 Å². The Morgan fingerprint density at radius 1 is 1.36 bits per heavy atom. The van der Waals surface area contributed by atoms with Gasteiger partial charge in [-0.05, 0) is 43.4 Å². The number of carbonyl (C=O) groups excluding carboxylic acids is 1. The van der Waals surface area contributed by atoms with E-state index in [4.69, 9.17) is 5.73 Å². The van der Waals surface area contributed by atoms with Crippen molar-refractivity contribution in [2.24, 2.45) is 17.1 Å². The van der Waals surface area contributed by atoms with Gasteiger partial charge in [0, 0.05) is 13.1 Å². The van der Waals surface area contributed by atoms with E-state index in [-0.39, 0.29) is 11.9 Å². The molecule has 3 nitrogen and oxygen atoms in total. The maximum Gasteiger partial charge on any atom is 0.239 e. The van der Waals surface area contributed by atoms with Crippen molar-refractivity contribution in [3.05, 3.63) is 0 Å². The van der Waals surface area contributed by atoms with E-state index in [1.807, 2.05) is 4.90 Å². The third-order valence-corrected chi connectivity index (χ3v) is 4.18. The second-order valence-corrected chi connectivity index (χ2v) is 5.29. The summed E-state index contributed by atoms with van der Waals surface area (Å²) in [6.45, 7) is 1.90. The number of hydrogen-bond acceptors (Lipinski definition) is 2. The topological polar surface area (TPSA) is 46.3 Å². The van der Waals surface area contributed by atoms with Gasteiger partial charge in [0.25, 0.3) is 0 Å². The number of hydrogen-bond donors (Lipinski definition) is 1. The largest absolute Gasteiger partial charge is 0.341 e. The highest BCUT2D eigenvalue weighted by molar-refractivity contribution is 5.83. The Labute approximate surface area is 84.6 Å². The number of amides is 1. The molecule has 0 aromatic carbocycles. The molecule has 0 radical (unpaired) electrons. The number of likely N-dealkylation sites (tertiary alicyclic amines) is 1. The molecule has 1 aliphatic heterocycles. The van der Waals surface area contributed by atoms with Crippen molar-refractivity contribution < 1.29 is 4.79 Å². The van der Waals surface area contributed by atoms with E-state index < -0.39 is 0 Å². The van der Waals surface area contributed by atoms with E-state index in [2.05, 4.69) is 0 Å². The third-order valence-electron chi connectivity index (χ3n) is 4.18. The van der Waals surface area contributed by atoms with Gasteiger partial charge in [-0.1, -0.05) is 0 Å². The van der Waals surface area contributed by atoms with E-state index >= 15 is 0 Å². The number of carbonyl (C=O) groups is 1. The highest BCUT2D eigenvalue weighted by atomic mass is 16.2. The fraction of sp³-hybridized carbons (Fsp3) is 0.909. The first kappa shape index (κ1) is 8.72. The summed E-state index contributed by atoms with van der Waals surface area (Å²) in [5.74, 6) is 1.13. The number of nitrogens with two attached hydrogens (primary N) is 1. The molecule has 1 saturated heterocycles. The van der Waals surface area contributed by atoms with Crippen LogP contribution in [0, 0.1) is 11.3 Å². The van der Waals surface area contributed by atoms with Crippen molar-refractivity contribution in [2.75, 3.05) is 13.1 Å². The van der Waals surface area contributed by atoms with Crippen LogP contribution in [0.4, 0.5) is 0 Å². The van der Waals surface area contributed by atoms with Gasteiger partial charge in [0.2, 0.25) is 5.91 Å². The third kappa shape index (κ3) is 1.26. The average molecular weight is 194 g/mol. The molecule has 1 amide bonds. The van der Waals surface area contributed by atoms with Crippen LogP contribution < -0.4 is 5.73 Å². The van der Waals surface area contributed by atoms with Crippen LogP contribution in [0.3, 0.4) is 0 Å². The molecule has 2 saturated carbocycles. The van der Waals surface area contributed by atoms with Crippen LogP contribution in [-0.4, -0.2) is 29.9 Å². The second kappa shape index (κ2) is 2.72. The van der Waals surface area contributed by atoms with E-state index in [0.717, 1.165) is 25.4 Å². The van der Waals surface area contributed by atoms with Gasteiger partial charge in [-0.25, -0.2) is 0 Å². The quantitative estimate of drug-likeness (QED) is 0.720. The maximum absolute atomic E-state index is 11.7. The van der Waals surface area contributed by atoms with Crippen molar-refractivity contribution >= 4 is 5.91 Å². The van der Waals surface area contributed by atoms with E-state index in [1.54, 1.807) is 0 Å². The first-order valence-electron chi connectivity index (χ1n) is 5.76. The lowest BCUT2D eigenvalue weighted by molar-refractivity contribution is -0.129. The van der Waals surface area contributed by atoms with Crippen molar-refractivity contribution in [2.45, 2.75) is 38.1 Å². The Hall–Kier alpha value is -0.570. The molecule has 2 aliphatic carbocycles. The molecule has 2 N–H and O–H groups in total. The van der Waals surface area contributed by atoms with Crippen LogP contribution in [0.15, 0.2) is 0 Å². The summed E-state index contributed by atoms with van der Waals surface area (Å²) in [4.78, 5) is 13.7. The van der Waals surface area contributed by atoms with E-state index in [9.17, 15) is 4.79 Å². The molecule has 3 rings (SSSR count). The van der Waals surface area contributed by atoms with E-state index in [0.29, 0.717) is 5.41 Å². The molecule has 1 atom stereocenters. The molecule has 0 bridgehead atoms. The monoisotopic (exact) mass is 194 g/mol. The van der Waals surface area contributed by atoms with Crippen LogP contribution in [0.5, 0.6) is 0 Å². The Balaban J connectivity index is 1.64. The van der Waals surface area contributed by atoms with E-state index in [1.165, 1.54) is 25.7 Å². The molecule has 3 fully saturated rings. The highest BCUT2D eigenvalue weighted by Crippen LogP contribution is 2.61. The van der Waals surface area contributed by atoms with Gasteiger partial charge in [-0.2, -0.15) is 0 Å². The summed E-state index contributed by atoms with van der Waals surface area (Å²) < 4.78 is 0. The fourth-order valence-corrected chi connectivity index (χ4v) is 2.85. The molecule has 78 valence electrons. The van der Waals surface area contributed by atoms with Gasteiger partial charge >= 0.3 is 0 Å². The SMILES string of the molecule is NC1CCN(CC2(C3CC3)CC2)C1=O. The van der Waals surface area contributed by atoms with Crippen molar-refractivity contribution in [1.29, 1.82) is 0 Å². The summed E-state index contributed by atoms with van der Waals surface area (Å²) in [6, 6.07) is -0.204. The van der Waals surface area contributed by atoms with Crippen molar-refractivity contribution in [3.8, 4) is 0 Å². The van der Waals surface area contributed by atoms with Crippen LogP contribution in [0.2, 0.25) is 0 Å². The Kier molecular flexibility index (Phi) is 1.69. The lowest BCUT2D eigenvalue weighted by atomic mass is 10.0. The molecule has 3 heteroatoms. The molecule has 0 aromatic rings. The normalized spacial score (nSPS) is 35.1. The smallest absolute Gasteiger partial charge is 0.239 e. The molecule has 0 spiro atoms. The maximum atomic E-state index is 11.7. The van der Waals surface area contributed by atoms with Crippen LogP contribution in [0.1, 0.15) is 32.1 Å². The summed E-state index contributed by atoms with van der Waals surface area (Å²) in [7, 11) is 0. The van der Waals surface area contributed by atoms with Gasteiger partial charge in [-0.3, -0.25) is 4.79 Å². The molecular weight excluding hydrogens is 176 g/mol. The first-order valence-corrected chi connectivity index (χ1v) is 5.76. The van der Waals surface area contributed by atoms with Gasteiger partial charge in [0.15, 0.2) is 0 Å².